The number of Topliss-reactive ketones (excluding diaryl/α,β-unsaturated/α-hetero) is 1. The van der Waals surface area contributed by atoms with Gasteiger partial charge in [0, 0.05) is 12.3 Å². The number of carbonyl (C=O) groups is 1. The van der Waals surface area contributed by atoms with Gasteiger partial charge in [-0.15, -0.1) is 0 Å². The van der Waals surface area contributed by atoms with Crippen molar-refractivity contribution in [3.8, 4) is 0 Å². The van der Waals surface area contributed by atoms with Crippen LogP contribution in [0.25, 0.3) is 0 Å². The number of carbonyl (C=O) groups excluding carboxylic acids is 1. The average molecular weight is 126 g/mol. The Hall–Kier alpha value is -0.630. The van der Waals surface area contributed by atoms with Gasteiger partial charge >= 0.3 is 0 Å². The second-order valence-corrected chi connectivity index (χ2v) is 2.38. The molecule has 1 aliphatic carbocycles. The number of allylic oxidation sites excluding steroid dienone is 1. The van der Waals surface area contributed by atoms with Gasteiger partial charge in [-0.05, 0) is 0 Å². The van der Waals surface area contributed by atoms with E-state index in [1.54, 1.807) is 19.1 Å². The molecular formula is C7H10O2. The van der Waals surface area contributed by atoms with E-state index in [1.807, 2.05) is 0 Å². The highest BCUT2D eigenvalue weighted by Crippen LogP contribution is 2.13. The van der Waals surface area contributed by atoms with Crippen LogP contribution in [-0.2, 0) is 4.79 Å². The van der Waals surface area contributed by atoms with Gasteiger partial charge in [0.15, 0.2) is 0 Å². The van der Waals surface area contributed by atoms with Gasteiger partial charge in [0.1, 0.15) is 5.78 Å². The highest BCUT2D eigenvalue weighted by molar-refractivity contribution is 5.83. The van der Waals surface area contributed by atoms with Gasteiger partial charge in [-0.2, -0.15) is 0 Å². The molecule has 0 amide bonds. The van der Waals surface area contributed by atoms with Crippen LogP contribution in [-0.4, -0.2) is 17.0 Å². The lowest BCUT2D eigenvalue weighted by Crippen LogP contribution is -2.26. The van der Waals surface area contributed by atoms with E-state index in [9.17, 15) is 4.79 Å². The molecule has 2 atom stereocenters. The number of aliphatic hydroxyl groups excluding tert-OH is 1. The maximum absolute atomic E-state index is 10.8. The minimum Gasteiger partial charge on any atom is -0.388 e. The van der Waals surface area contributed by atoms with Crippen LogP contribution in [0.1, 0.15) is 13.3 Å². The van der Waals surface area contributed by atoms with Gasteiger partial charge in [0.2, 0.25) is 0 Å². The molecule has 2 unspecified atom stereocenters. The van der Waals surface area contributed by atoms with Crippen molar-refractivity contribution in [3.63, 3.8) is 0 Å². The molecule has 1 N–H and O–H groups in total. The number of rotatable bonds is 0. The third-order valence-electron chi connectivity index (χ3n) is 1.67. The smallest absolute Gasteiger partial charge is 0.142 e. The molecule has 0 spiro atoms. The van der Waals surface area contributed by atoms with E-state index < -0.39 is 6.10 Å². The normalized spacial score (nSPS) is 35.1. The number of hydrogen-bond acceptors (Lipinski definition) is 2. The van der Waals surface area contributed by atoms with Gasteiger partial charge in [-0.25, -0.2) is 0 Å². The van der Waals surface area contributed by atoms with E-state index in [1.165, 1.54) is 0 Å². The van der Waals surface area contributed by atoms with E-state index in [0.717, 1.165) is 0 Å². The molecule has 0 saturated heterocycles. The van der Waals surface area contributed by atoms with Crippen LogP contribution >= 0.6 is 0 Å². The van der Waals surface area contributed by atoms with Crippen molar-refractivity contribution in [3.05, 3.63) is 12.2 Å². The third kappa shape index (κ3) is 1.19. The molecule has 0 fully saturated rings. The second-order valence-electron chi connectivity index (χ2n) is 2.38. The minimum atomic E-state index is -0.550. The van der Waals surface area contributed by atoms with Gasteiger partial charge in [-0.3, -0.25) is 4.79 Å². The van der Waals surface area contributed by atoms with E-state index in [0.29, 0.717) is 6.42 Å². The van der Waals surface area contributed by atoms with Gasteiger partial charge in [0.05, 0.1) is 6.10 Å². The SMILES string of the molecule is CC1C(=O)CC=CC1O. The Kier molecular flexibility index (Phi) is 1.67. The molecule has 2 nitrogen and oxygen atoms in total. The number of aliphatic hydroxyl groups is 1. The molecule has 0 aliphatic heterocycles. The topological polar surface area (TPSA) is 37.3 Å². The van der Waals surface area contributed by atoms with Crippen LogP contribution in [0.15, 0.2) is 12.2 Å². The van der Waals surface area contributed by atoms with Crippen molar-refractivity contribution in [2.75, 3.05) is 0 Å². The molecule has 2 heteroatoms. The fraction of sp³-hybridized carbons (Fsp3) is 0.571. The lowest BCUT2D eigenvalue weighted by atomic mass is 9.92. The fourth-order valence-electron chi connectivity index (χ4n) is 0.867. The summed E-state index contributed by atoms with van der Waals surface area (Å²) in [5.74, 6) is -0.0694. The molecule has 0 heterocycles. The van der Waals surface area contributed by atoms with Crippen molar-refractivity contribution in [1.82, 2.24) is 0 Å². The maximum atomic E-state index is 10.8. The molecule has 9 heavy (non-hydrogen) atoms. The second kappa shape index (κ2) is 2.31. The Morgan fingerprint density at radius 2 is 2.44 bits per heavy atom. The lowest BCUT2D eigenvalue weighted by Gasteiger charge is -2.16. The quantitative estimate of drug-likeness (QED) is 0.480. The zero-order chi connectivity index (χ0) is 6.85. The van der Waals surface area contributed by atoms with Crippen LogP contribution in [0.2, 0.25) is 0 Å². The Bertz CT molecular complexity index is 149. The fourth-order valence-corrected chi connectivity index (χ4v) is 0.867. The highest BCUT2D eigenvalue weighted by atomic mass is 16.3. The summed E-state index contributed by atoms with van der Waals surface area (Å²) in [4.78, 5) is 10.8. The summed E-state index contributed by atoms with van der Waals surface area (Å²) in [6, 6.07) is 0. The minimum absolute atomic E-state index is 0.130. The summed E-state index contributed by atoms with van der Waals surface area (Å²) in [6.07, 6.45) is 3.32. The molecule has 50 valence electrons. The van der Waals surface area contributed by atoms with Crippen LogP contribution in [0.3, 0.4) is 0 Å². The van der Waals surface area contributed by atoms with Crippen LogP contribution in [0, 0.1) is 5.92 Å². The predicted molar refractivity (Wildman–Crippen MR) is 33.9 cm³/mol. The molecule has 0 radical (unpaired) electrons. The van der Waals surface area contributed by atoms with Gasteiger partial charge in [0.25, 0.3) is 0 Å². The molecule has 1 rings (SSSR count). The van der Waals surface area contributed by atoms with E-state index >= 15 is 0 Å². The first kappa shape index (κ1) is 6.49. The molecule has 0 aromatic carbocycles. The van der Waals surface area contributed by atoms with Gasteiger partial charge in [-0.1, -0.05) is 19.1 Å². The van der Waals surface area contributed by atoms with Crippen LogP contribution in [0.5, 0.6) is 0 Å². The standard InChI is InChI=1S/C7H10O2/c1-5-6(8)3-2-4-7(5)9/h2-3,5-6,8H,4H2,1H3. The van der Waals surface area contributed by atoms with Crippen LogP contribution in [0.4, 0.5) is 0 Å². The molecule has 0 aromatic rings. The molecule has 0 aromatic heterocycles. The molecule has 0 saturated carbocycles. The third-order valence-corrected chi connectivity index (χ3v) is 1.67. The zero-order valence-electron chi connectivity index (χ0n) is 5.37. The van der Waals surface area contributed by atoms with E-state index in [-0.39, 0.29) is 11.7 Å². The summed E-state index contributed by atoms with van der Waals surface area (Å²) >= 11 is 0. The van der Waals surface area contributed by atoms with Crippen molar-refractivity contribution >= 4 is 5.78 Å². The number of ketones is 1. The van der Waals surface area contributed by atoms with Crippen molar-refractivity contribution in [1.29, 1.82) is 0 Å². The average Bonchev–Trinajstić information content (AvgIpc) is 1.83. The van der Waals surface area contributed by atoms with Crippen LogP contribution < -0.4 is 0 Å². The zero-order valence-corrected chi connectivity index (χ0v) is 5.37. The first-order valence-corrected chi connectivity index (χ1v) is 3.09. The van der Waals surface area contributed by atoms with E-state index in [2.05, 4.69) is 0 Å². The van der Waals surface area contributed by atoms with Crippen molar-refractivity contribution < 1.29 is 9.90 Å². The lowest BCUT2D eigenvalue weighted by molar-refractivity contribution is -0.124. The summed E-state index contributed by atoms with van der Waals surface area (Å²) in [7, 11) is 0. The molecule has 0 bridgehead atoms. The first-order chi connectivity index (χ1) is 4.22. The summed E-state index contributed by atoms with van der Waals surface area (Å²) in [6.45, 7) is 1.75. The van der Waals surface area contributed by atoms with Gasteiger partial charge < -0.3 is 5.11 Å². The van der Waals surface area contributed by atoms with Crippen molar-refractivity contribution in [2.24, 2.45) is 5.92 Å². The summed E-state index contributed by atoms with van der Waals surface area (Å²) in [5, 5.41) is 9.04. The summed E-state index contributed by atoms with van der Waals surface area (Å²) < 4.78 is 0. The molecule has 1 aliphatic rings. The Labute approximate surface area is 54.2 Å². The number of hydrogen-bond donors (Lipinski definition) is 1. The monoisotopic (exact) mass is 126 g/mol. The largest absolute Gasteiger partial charge is 0.388 e. The first-order valence-electron chi connectivity index (χ1n) is 3.09. The summed E-state index contributed by atoms with van der Waals surface area (Å²) in [5.41, 5.74) is 0. The maximum Gasteiger partial charge on any atom is 0.142 e. The van der Waals surface area contributed by atoms with E-state index in [4.69, 9.17) is 5.11 Å². The Morgan fingerprint density at radius 3 is 2.89 bits per heavy atom. The predicted octanol–water partition coefficient (Wildman–Crippen LogP) is 0.512. The van der Waals surface area contributed by atoms with Crippen molar-refractivity contribution in [2.45, 2.75) is 19.4 Å². The molecular weight excluding hydrogens is 116 g/mol. The Morgan fingerprint density at radius 1 is 1.78 bits per heavy atom. The highest BCUT2D eigenvalue weighted by Gasteiger charge is 2.21. The Balaban J connectivity index is 2.69.